The Kier molecular flexibility index (Phi) is 8.09. The second-order valence-corrected chi connectivity index (χ2v) is 12.2. The van der Waals surface area contributed by atoms with Gasteiger partial charge in [-0.1, -0.05) is 17.0 Å². The normalized spacial score (nSPS) is 23.8. The molecule has 1 aromatic carbocycles. The Balaban J connectivity index is 1.07. The lowest BCUT2D eigenvalue weighted by molar-refractivity contribution is -0.130. The summed E-state index contributed by atoms with van der Waals surface area (Å²) in [4.78, 5) is 32.7. The van der Waals surface area contributed by atoms with Crippen molar-refractivity contribution in [2.75, 3.05) is 26.2 Å². The van der Waals surface area contributed by atoms with Gasteiger partial charge in [-0.15, -0.1) is 0 Å². The summed E-state index contributed by atoms with van der Waals surface area (Å²) in [5, 5.41) is 16.9. The molecule has 1 saturated carbocycles. The first-order chi connectivity index (χ1) is 19.5. The molecule has 1 unspecified atom stereocenters. The fourth-order valence-electron chi connectivity index (χ4n) is 5.52. The molecule has 0 bridgehead atoms. The Hall–Kier alpha value is -3.84. The fourth-order valence-corrected chi connectivity index (χ4v) is 5.52. The molecular weight excluding hydrogens is 522 g/mol. The maximum atomic E-state index is 12.5. The molecule has 10 heteroatoms. The maximum absolute atomic E-state index is 12.5. The molecule has 2 aliphatic heterocycles. The predicted molar refractivity (Wildman–Crippen MR) is 154 cm³/mol. The summed E-state index contributed by atoms with van der Waals surface area (Å²) in [6, 6.07) is 10.1. The molecule has 0 radical (unpaired) electrons. The van der Waals surface area contributed by atoms with Crippen LogP contribution in [0.5, 0.6) is 0 Å². The van der Waals surface area contributed by atoms with Crippen LogP contribution in [0.2, 0.25) is 0 Å². The van der Waals surface area contributed by atoms with Crippen molar-refractivity contribution in [3.63, 3.8) is 0 Å². The number of rotatable bonds is 7. The lowest BCUT2D eigenvalue weighted by Crippen LogP contribution is -2.39. The molecule has 1 saturated heterocycles. The molecular formula is C31H39N5O5. The fraction of sp³-hybridized carbons (Fsp3) is 0.548. The first-order valence-corrected chi connectivity index (χ1v) is 14.3. The molecule has 1 aromatic heterocycles. The molecule has 2 N–H and O–H groups in total. The molecule has 2 amide bonds. The number of alkyl carbamates (subject to hydrolysis) is 1. The van der Waals surface area contributed by atoms with Crippen molar-refractivity contribution in [1.82, 2.24) is 20.3 Å². The van der Waals surface area contributed by atoms with Crippen molar-refractivity contribution >= 4 is 17.8 Å². The van der Waals surface area contributed by atoms with E-state index in [1.165, 1.54) is 0 Å². The standard InChI is InChI=1S/C31H39N5O5/c1-19-15-33-29(20(2)37)36(19)16-23-14-27(41-34-23)22-9-6-21(7-10-22)8-11-24-25-17-35(18-26(24)25)28(38)12-13-32-30(39)40-31(3,4)5/h6-7,9-10,14,19-20,24-26,37H,12-13,15-18H2,1-5H3,(H,32,39)/t19?,20-,24-,25-,26+/m0/s1. The zero-order valence-electron chi connectivity index (χ0n) is 24.4. The van der Waals surface area contributed by atoms with E-state index in [1.807, 2.05) is 35.2 Å². The van der Waals surface area contributed by atoms with Crippen molar-refractivity contribution in [3.8, 4) is 23.2 Å². The van der Waals surface area contributed by atoms with E-state index in [1.54, 1.807) is 27.7 Å². The van der Waals surface area contributed by atoms with Crippen molar-refractivity contribution < 1.29 is 24.0 Å². The van der Waals surface area contributed by atoms with Crippen LogP contribution in [0.1, 0.15) is 52.3 Å². The molecule has 3 heterocycles. The zero-order chi connectivity index (χ0) is 29.3. The van der Waals surface area contributed by atoms with Crippen LogP contribution in [0.4, 0.5) is 4.79 Å². The molecule has 5 rings (SSSR count). The molecule has 2 aromatic rings. The third-order valence-corrected chi connectivity index (χ3v) is 7.72. The molecule has 3 aliphatic rings. The van der Waals surface area contributed by atoms with Crippen molar-refractivity contribution in [3.05, 3.63) is 41.6 Å². The molecule has 5 atom stereocenters. The van der Waals surface area contributed by atoms with E-state index in [4.69, 9.17) is 9.26 Å². The number of amides is 2. The minimum Gasteiger partial charge on any atom is -0.444 e. The number of piperidine rings is 1. The Labute approximate surface area is 241 Å². The summed E-state index contributed by atoms with van der Waals surface area (Å²) < 4.78 is 10.8. The third kappa shape index (κ3) is 6.91. The van der Waals surface area contributed by atoms with Crippen LogP contribution in [-0.4, -0.2) is 81.8 Å². The van der Waals surface area contributed by atoms with Gasteiger partial charge in [-0.2, -0.15) is 0 Å². The lowest BCUT2D eigenvalue weighted by Gasteiger charge is -2.25. The van der Waals surface area contributed by atoms with Crippen molar-refractivity contribution in [2.24, 2.45) is 22.7 Å². The van der Waals surface area contributed by atoms with Crippen LogP contribution >= 0.6 is 0 Å². The number of carbonyl (C=O) groups excluding carboxylic acids is 2. The highest BCUT2D eigenvalue weighted by molar-refractivity contribution is 5.87. The van der Waals surface area contributed by atoms with Gasteiger partial charge in [0.15, 0.2) is 5.76 Å². The number of aliphatic hydroxyl groups is 1. The zero-order valence-corrected chi connectivity index (χ0v) is 24.4. The van der Waals surface area contributed by atoms with E-state index in [-0.39, 0.29) is 24.9 Å². The number of likely N-dealkylation sites (tertiary alicyclic amines) is 1. The van der Waals surface area contributed by atoms with E-state index in [0.717, 1.165) is 29.9 Å². The number of carbonyl (C=O) groups is 2. The van der Waals surface area contributed by atoms with Gasteiger partial charge in [0.2, 0.25) is 5.91 Å². The SMILES string of the molecule is CC1CN=C([C@H](C)O)N1Cc1cc(-c2ccc(C#C[C@@H]3[C@H]4CN(C(=O)CCNC(=O)OC(C)(C)C)C[C@@H]34)cc2)on1. The molecule has 2 fully saturated rings. The summed E-state index contributed by atoms with van der Waals surface area (Å²) in [6.07, 6.45) is -0.850. The highest BCUT2D eigenvalue weighted by atomic mass is 16.6. The molecule has 1 aliphatic carbocycles. The van der Waals surface area contributed by atoms with Crippen LogP contribution in [0, 0.1) is 29.6 Å². The minimum atomic E-state index is -0.614. The topological polar surface area (TPSA) is 121 Å². The summed E-state index contributed by atoms with van der Waals surface area (Å²) in [6.45, 7) is 12.1. The lowest BCUT2D eigenvalue weighted by atomic mass is 10.1. The second-order valence-electron chi connectivity index (χ2n) is 12.2. The van der Waals surface area contributed by atoms with E-state index in [0.29, 0.717) is 42.4 Å². The summed E-state index contributed by atoms with van der Waals surface area (Å²) in [7, 11) is 0. The van der Waals surface area contributed by atoms with Crippen LogP contribution < -0.4 is 5.32 Å². The van der Waals surface area contributed by atoms with Gasteiger partial charge in [0.25, 0.3) is 0 Å². The third-order valence-electron chi connectivity index (χ3n) is 7.72. The largest absolute Gasteiger partial charge is 0.444 e. The number of benzene rings is 1. The number of hydrogen-bond acceptors (Lipinski definition) is 8. The monoisotopic (exact) mass is 561 g/mol. The van der Waals surface area contributed by atoms with Gasteiger partial charge >= 0.3 is 6.09 Å². The van der Waals surface area contributed by atoms with Crippen LogP contribution in [0.3, 0.4) is 0 Å². The summed E-state index contributed by atoms with van der Waals surface area (Å²) >= 11 is 0. The van der Waals surface area contributed by atoms with Gasteiger partial charge in [-0.05, 0) is 70.7 Å². The number of aliphatic hydroxyl groups excluding tert-OH is 1. The molecule has 10 nitrogen and oxygen atoms in total. The van der Waals surface area contributed by atoms with Gasteiger partial charge in [0.05, 0.1) is 13.1 Å². The number of hydrogen-bond donors (Lipinski definition) is 2. The van der Waals surface area contributed by atoms with Gasteiger partial charge in [-0.25, -0.2) is 4.79 Å². The first-order valence-electron chi connectivity index (χ1n) is 14.3. The number of fused-ring (bicyclic) bond motifs is 1. The van der Waals surface area contributed by atoms with E-state index in [2.05, 4.69) is 39.1 Å². The second kappa shape index (κ2) is 11.6. The highest BCUT2D eigenvalue weighted by Crippen LogP contribution is 2.51. The van der Waals surface area contributed by atoms with E-state index >= 15 is 0 Å². The number of ether oxygens (including phenoxy) is 1. The smallest absolute Gasteiger partial charge is 0.407 e. The van der Waals surface area contributed by atoms with Crippen LogP contribution in [0.15, 0.2) is 39.8 Å². The minimum absolute atomic E-state index is 0.0533. The van der Waals surface area contributed by atoms with Crippen LogP contribution in [0.25, 0.3) is 11.3 Å². The first kappa shape index (κ1) is 28.7. The Morgan fingerprint density at radius 3 is 2.59 bits per heavy atom. The Morgan fingerprint density at radius 2 is 1.93 bits per heavy atom. The summed E-state index contributed by atoms with van der Waals surface area (Å²) in [5.41, 5.74) is 2.09. The van der Waals surface area contributed by atoms with Gasteiger partial charge in [0.1, 0.15) is 23.2 Å². The van der Waals surface area contributed by atoms with E-state index < -0.39 is 17.8 Å². The predicted octanol–water partition coefficient (Wildman–Crippen LogP) is 3.30. The van der Waals surface area contributed by atoms with E-state index in [9.17, 15) is 14.7 Å². The molecule has 218 valence electrons. The van der Waals surface area contributed by atoms with Crippen LogP contribution in [-0.2, 0) is 16.1 Å². The van der Waals surface area contributed by atoms with Crippen molar-refractivity contribution in [1.29, 1.82) is 0 Å². The molecule has 0 spiro atoms. The Morgan fingerprint density at radius 1 is 1.22 bits per heavy atom. The Bertz CT molecular complexity index is 1350. The van der Waals surface area contributed by atoms with Gasteiger partial charge < -0.3 is 29.5 Å². The number of nitrogens with zero attached hydrogens (tertiary/aromatic N) is 4. The average Bonchev–Trinajstić information content (AvgIpc) is 3.32. The average molecular weight is 562 g/mol. The highest BCUT2D eigenvalue weighted by Gasteiger charge is 2.55. The quantitative estimate of drug-likeness (QED) is 0.498. The number of nitrogens with one attached hydrogen (secondary N) is 1. The summed E-state index contributed by atoms with van der Waals surface area (Å²) in [5.74, 6) is 9.29. The van der Waals surface area contributed by atoms with Crippen molar-refractivity contribution in [2.45, 2.75) is 65.3 Å². The molecule has 41 heavy (non-hydrogen) atoms. The van der Waals surface area contributed by atoms with Gasteiger partial charge in [0, 0.05) is 55.2 Å². The maximum Gasteiger partial charge on any atom is 0.407 e. The number of aromatic nitrogens is 1. The number of amidine groups is 1. The number of aliphatic imine (C=N–C) groups is 1. The van der Waals surface area contributed by atoms with Gasteiger partial charge in [-0.3, -0.25) is 9.79 Å².